The molecule has 0 aliphatic carbocycles. The lowest BCUT2D eigenvalue weighted by Crippen LogP contribution is -2.44. The van der Waals surface area contributed by atoms with Crippen LogP contribution in [0.2, 0.25) is 0 Å². The van der Waals surface area contributed by atoms with Gasteiger partial charge in [-0.1, -0.05) is 6.92 Å². The van der Waals surface area contributed by atoms with Crippen LogP contribution in [0.1, 0.15) is 32.3 Å². The van der Waals surface area contributed by atoms with Gasteiger partial charge in [0.05, 0.1) is 0 Å². The fraction of sp³-hybridized carbons (Fsp3) is 0.667. The van der Waals surface area contributed by atoms with E-state index in [1.165, 1.54) is 31.5 Å². The second-order valence-corrected chi connectivity index (χ2v) is 5.34. The fourth-order valence-corrected chi connectivity index (χ4v) is 2.88. The summed E-state index contributed by atoms with van der Waals surface area (Å²) in [5.41, 5.74) is 1.38. The number of piperidine rings is 1. The topological polar surface area (TPSA) is 28.2 Å². The van der Waals surface area contributed by atoms with Gasteiger partial charge in [0.15, 0.2) is 0 Å². The Kier molecular flexibility index (Phi) is 5.14. The van der Waals surface area contributed by atoms with Crippen LogP contribution in [0.25, 0.3) is 0 Å². The molecule has 1 aromatic rings. The molecule has 2 unspecified atom stereocenters. The minimum Gasteiger partial charge on any atom is -0.314 e. The monoisotopic (exact) mass is 247 g/mol. The van der Waals surface area contributed by atoms with Crippen LogP contribution < -0.4 is 5.32 Å². The number of nitrogens with one attached hydrogen (secondary N) is 1. The van der Waals surface area contributed by atoms with E-state index in [0.29, 0.717) is 6.04 Å². The van der Waals surface area contributed by atoms with Crippen molar-refractivity contribution in [3.05, 3.63) is 30.1 Å². The number of likely N-dealkylation sites (tertiary alicyclic amines) is 1. The highest BCUT2D eigenvalue weighted by Crippen LogP contribution is 2.21. The Bertz CT molecular complexity index is 339. The lowest BCUT2D eigenvalue weighted by Gasteiger charge is -2.36. The summed E-state index contributed by atoms with van der Waals surface area (Å²) in [6, 6.07) is 4.88. The van der Waals surface area contributed by atoms with E-state index >= 15 is 0 Å². The number of rotatable bonds is 5. The van der Waals surface area contributed by atoms with Crippen molar-refractivity contribution in [2.75, 3.05) is 19.6 Å². The molecule has 18 heavy (non-hydrogen) atoms. The summed E-state index contributed by atoms with van der Waals surface area (Å²) >= 11 is 0. The van der Waals surface area contributed by atoms with Crippen LogP contribution >= 0.6 is 0 Å². The molecule has 1 N–H and O–H groups in total. The maximum absolute atomic E-state index is 4.08. The first-order valence-corrected chi connectivity index (χ1v) is 7.14. The molecule has 0 radical (unpaired) electrons. The summed E-state index contributed by atoms with van der Waals surface area (Å²) in [6.07, 6.45) is 6.46. The van der Waals surface area contributed by atoms with E-state index in [1.54, 1.807) is 0 Å². The third-order valence-electron chi connectivity index (χ3n) is 3.93. The van der Waals surface area contributed by atoms with Crippen LogP contribution in [-0.4, -0.2) is 35.6 Å². The Morgan fingerprint density at radius 1 is 1.44 bits per heavy atom. The molecule has 1 aromatic heterocycles. The lowest BCUT2D eigenvalue weighted by molar-refractivity contribution is 0.145. The zero-order valence-corrected chi connectivity index (χ0v) is 11.6. The predicted molar refractivity (Wildman–Crippen MR) is 75.4 cm³/mol. The van der Waals surface area contributed by atoms with E-state index in [-0.39, 0.29) is 0 Å². The van der Waals surface area contributed by atoms with Crippen molar-refractivity contribution in [3.8, 4) is 0 Å². The Balaban J connectivity index is 1.87. The SMILES string of the molecule is CCNC(C)C1CCCN(Cc2ccncc2)C1. The second kappa shape index (κ2) is 6.86. The summed E-state index contributed by atoms with van der Waals surface area (Å²) in [6.45, 7) is 9.10. The van der Waals surface area contributed by atoms with E-state index in [9.17, 15) is 0 Å². The molecule has 3 nitrogen and oxygen atoms in total. The average Bonchev–Trinajstić information content (AvgIpc) is 2.40. The van der Waals surface area contributed by atoms with E-state index < -0.39 is 0 Å². The van der Waals surface area contributed by atoms with Gasteiger partial charge in [0.1, 0.15) is 0 Å². The highest BCUT2D eigenvalue weighted by atomic mass is 15.1. The first kappa shape index (κ1) is 13.5. The molecule has 1 saturated heterocycles. The molecule has 0 spiro atoms. The number of nitrogens with zero attached hydrogens (tertiary/aromatic N) is 2. The van der Waals surface area contributed by atoms with E-state index in [0.717, 1.165) is 19.0 Å². The maximum Gasteiger partial charge on any atom is 0.0271 e. The normalized spacial score (nSPS) is 22.9. The van der Waals surface area contributed by atoms with Crippen LogP contribution in [-0.2, 0) is 6.54 Å². The van der Waals surface area contributed by atoms with Crippen molar-refractivity contribution < 1.29 is 0 Å². The maximum atomic E-state index is 4.08. The van der Waals surface area contributed by atoms with Crippen LogP contribution in [0, 0.1) is 5.92 Å². The Labute approximate surface area is 111 Å². The first-order chi connectivity index (χ1) is 8.79. The van der Waals surface area contributed by atoms with Crippen LogP contribution in [0.4, 0.5) is 0 Å². The van der Waals surface area contributed by atoms with Gasteiger partial charge in [-0.25, -0.2) is 0 Å². The van der Waals surface area contributed by atoms with Gasteiger partial charge >= 0.3 is 0 Å². The molecule has 0 amide bonds. The third kappa shape index (κ3) is 3.79. The zero-order chi connectivity index (χ0) is 12.8. The number of hydrogen-bond acceptors (Lipinski definition) is 3. The van der Waals surface area contributed by atoms with Crippen LogP contribution in [0.15, 0.2) is 24.5 Å². The zero-order valence-electron chi connectivity index (χ0n) is 11.6. The van der Waals surface area contributed by atoms with Gasteiger partial charge in [-0.3, -0.25) is 9.88 Å². The molecule has 0 saturated carbocycles. The van der Waals surface area contributed by atoms with Crippen molar-refractivity contribution in [3.63, 3.8) is 0 Å². The van der Waals surface area contributed by atoms with E-state index in [1.807, 2.05) is 12.4 Å². The number of aromatic nitrogens is 1. The highest BCUT2D eigenvalue weighted by molar-refractivity contribution is 5.09. The average molecular weight is 247 g/mol. The lowest BCUT2D eigenvalue weighted by atomic mass is 9.91. The second-order valence-electron chi connectivity index (χ2n) is 5.34. The van der Waals surface area contributed by atoms with Crippen molar-refractivity contribution in [1.29, 1.82) is 0 Å². The van der Waals surface area contributed by atoms with Crippen molar-refractivity contribution in [1.82, 2.24) is 15.2 Å². The fourth-order valence-electron chi connectivity index (χ4n) is 2.88. The molecule has 0 aromatic carbocycles. The van der Waals surface area contributed by atoms with Gasteiger partial charge in [0.25, 0.3) is 0 Å². The van der Waals surface area contributed by atoms with Crippen molar-refractivity contribution in [2.24, 2.45) is 5.92 Å². The predicted octanol–water partition coefficient (Wildman–Crippen LogP) is 2.29. The van der Waals surface area contributed by atoms with Gasteiger partial charge in [0, 0.05) is 31.5 Å². The van der Waals surface area contributed by atoms with Gasteiger partial charge in [-0.15, -0.1) is 0 Å². The summed E-state index contributed by atoms with van der Waals surface area (Å²) in [5.74, 6) is 0.792. The molecule has 1 aliphatic heterocycles. The Morgan fingerprint density at radius 2 is 2.22 bits per heavy atom. The van der Waals surface area contributed by atoms with Crippen molar-refractivity contribution >= 4 is 0 Å². The largest absolute Gasteiger partial charge is 0.314 e. The molecular weight excluding hydrogens is 222 g/mol. The molecule has 2 rings (SSSR count). The van der Waals surface area contributed by atoms with E-state index in [2.05, 4.69) is 41.2 Å². The van der Waals surface area contributed by atoms with E-state index in [4.69, 9.17) is 0 Å². The first-order valence-electron chi connectivity index (χ1n) is 7.14. The third-order valence-corrected chi connectivity index (χ3v) is 3.93. The smallest absolute Gasteiger partial charge is 0.0271 e. The quantitative estimate of drug-likeness (QED) is 0.865. The van der Waals surface area contributed by atoms with Gasteiger partial charge in [-0.2, -0.15) is 0 Å². The summed E-state index contributed by atoms with van der Waals surface area (Å²) in [4.78, 5) is 6.66. The number of pyridine rings is 1. The Morgan fingerprint density at radius 3 is 2.94 bits per heavy atom. The molecule has 0 bridgehead atoms. The molecule has 1 aliphatic rings. The molecular formula is C15H25N3. The minimum absolute atomic E-state index is 0.634. The van der Waals surface area contributed by atoms with Gasteiger partial charge < -0.3 is 5.32 Å². The number of hydrogen-bond donors (Lipinski definition) is 1. The van der Waals surface area contributed by atoms with Gasteiger partial charge in [-0.05, 0) is 56.5 Å². The molecule has 1 fully saturated rings. The minimum atomic E-state index is 0.634. The Hall–Kier alpha value is -0.930. The molecule has 3 heteroatoms. The molecule has 2 heterocycles. The van der Waals surface area contributed by atoms with Gasteiger partial charge in [0.2, 0.25) is 0 Å². The summed E-state index contributed by atoms with van der Waals surface area (Å²) in [7, 11) is 0. The van der Waals surface area contributed by atoms with Crippen LogP contribution in [0.3, 0.4) is 0 Å². The van der Waals surface area contributed by atoms with Crippen molar-refractivity contribution in [2.45, 2.75) is 39.3 Å². The molecule has 2 atom stereocenters. The van der Waals surface area contributed by atoms with Crippen LogP contribution in [0.5, 0.6) is 0 Å². The summed E-state index contributed by atoms with van der Waals surface area (Å²) < 4.78 is 0. The highest BCUT2D eigenvalue weighted by Gasteiger charge is 2.23. The molecule has 100 valence electrons. The summed E-state index contributed by atoms with van der Waals surface area (Å²) in [5, 5.41) is 3.56. The standard InChI is InChI=1S/C15H25N3/c1-3-17-13(2)15-5-4-10-18(12-15)11-14-6-8-16-9-7-14/h6-9,13,15,17H,3-5,10-12H2,1-2H3.